The average molecular weight is 828 g/mol. The average Bonchev–Trinajstić information content (AvgIpc) is 3.25. The largest absolute Gasteiger partial charge is 0.444 e. The van der Waals surface area contributed by atoms with Crippen molar-refractivity contribution in [3.05, 3.63) is 158 Å². The van der Waals surface area contributed by atoms with E-state index in [0.29, 0.717) is 54.1 Å². The second-order valence-corrected chi connectivity index (χ2v) is 15.9. The Hall–Kier alpha value is -6.46. The SMILES string of the molecule is CCn1c(=O)cc(C2=CCN(C(=O)OC(C)(C)C)CC2)c2cc(C(=O)N(C)c3ccccc3)ccc21.CCn1c(=O)cc(Cl)c2cc(C(=O)N(C)c3ccccc3)ccc21. The Morgan fingerprint density at radius 1 is 0.683 bits per heavy atom. The highest BCUT2D eigenvalue weighted by atomic mass is 35.5. The molecule has 0 aliphatic carbocycles. The van der Waals surface area contributed by atoms with Crippen LogP contribution in [-0.2, 0) is 17.8 Å². The van der Waals surface area contributed by atoms with Gasteiger partial charge in [0.05, 0.1) is 16.1 Å². The molecule has 0 radical (unpaired) electrons. The number of anilines is 2. The Labute approximate surface area is 354 Å². The summed E-state index contributed by atoms with van der Waals surface area (Å²) >= 11 is 6.23. The number of rotatable bonds is 7. The number of halogens is 1. The van der Waals surface area contributed by atoms with E-state index in [4.69, 9.17) is 16.3 Å². The van der Waals surface area contributed by atoms with Gasteiger partial charge in [0.25, 0.3) is 22.9 Å². The molecule has 12 heteroatoms. The first-order valence-corrected chi connectivity index (χ1v) is 20.3. The number of aromatic nitrogens is 2. The van der Waals surface area contributed by atoms with Gasteiger partial charge in [0.15, 0.2) is 0 Å². The number of carbonyl (C=O) groups excluding carboxylic acids is 3. The summed E-state index contributed by atoms with van der Waals surface area (Å²) in [5, 5.41) is 1.91. The fraction of sp³-hybridized carbons (Fsp3) is 0.271. The third kappa shape index (κ3) is 9.37. The van der Waals surface area contributed by atoms with Gasteiger partial charge < -0.3 is 28.6 Å². The zero-order valence-electron chi connectivity index (χ0n) is 35.1. The molecule has 4 aromatic carbocycles. The van der Waals surface area contributed by atoms with Gasteiger partial charge in [-0.05, 0) is 113 Å². The van der Waals surface area contributed by atoms with E-state index in [-0.39, 0.29) is 29.0 Å². The zero-order chi connectivity index (χ0) is 43.3. The second-order valence-electron chi connectivity index (χ2n) is 15.5. The fourth-order valence-electron chi connectivity index (χ4n) is 7.25. The molecule has 0 N–H and O–H groups in total. The Balaban J connectivity index is 0.000000218. The molecule has 0 bridgehead atoms. The van der Waals surface area contributed by atoms with Crippen molar-refractivity contribution < 1.29 is 19.1 Å². The molecule has 0 spiro atoms. The normalized spacial score (nSPS) is 12.7. The first-order valence-electron chi connectivity index (χ1n) is 20.0. The summed E-state index contributed by atoms with van der Waals surface area (Å²) in [6, 6.07) is 32.7. The van der Waals surface area contributed by atoms with E-state index in [2.05, 4.69) is 0 Å². The van der Waals surface area contributed by atoms with E-state index in [1.165, 1.54) is 6.07 Å². The minimum absolute atomic E-state index is 0.0871. The van der Waals surface area contributed by atoms with Crippen LogP contribution in [-0.4, -0.2) is 64.7 Å². The number of fused-ring (bicyclic) bond motifs is 2. The van der Waals surface area contributed by atoms with Gasteiger partial charge in [-0.3, -0.25) is 19.2 Å². The highest BCUT2D eigenvalue weighted by Gasteiger charge is 2.25. The van der Waals surface area contributed by atoms with Gasteiger partial charge in [-0.25, -0.2) is 4.79 Å². The Morgan fingerprint density at radius 3 is 1.63 bits per heavy atom. The van der Waals surface area contributed by atoms with Gasteiger partial charge in [0.1, 0.15) is 5.60 Å². The molecule has 6 aromatic rings. The highest BCUT2D eigenvalue weighted by Crippen LogP contribution is 2.31. The number of nitrogens with zero attached hydrogens (tertiary/aromatic N) is 5. The first kappa shape index (κ1) is 43.1. The lowest BCUT2D eigenvalue weighted by Crippen LogP contribution is -2.39. The van der Waals surface area contributed by atoms with Crippen molar-refractivity contribution in [1.82, 2.24) is 14.0 Å². The van der Waals surface area contributed by atoms with Crippen LogP contribution in [0.15, 0.2) is 125 Å². The van der Waals surface area contributed by atoms with Crippen LogP contribution in [0.3, 0.4) is 0 Å². The summed E-state index contributed by atoms with van der Waals surface area (Å²) in [6.45, 7) is 11.3. The van der Waals surface area contributed by atoms with Crippen LogP contribution in [0, 0.1) is 0 Å². The number of hydrogen-bond acceptors (Lipinski definition) is 6. The predicted octanol–water partition coefficient (Wildman–Crippen LogP) is 9.27. The first-order chi connectivity index (χ1) is 28.6. The van der Waals surface area contributed by atoms with Crippen molar-refractivity contribution in [2.75, 3.05) is 37.0 Å². The quantitative estimate of drug-likeness (QED) is 0.159. The zero-order valence-corrected chi connectivity index (χ0v) is 35.8. The molecular formula is C48H50ClN5O6. The van der Waals surface area contributed by atoms with E-state index >= 15 is 0 Å². The van der Waals surface area contributed by atoms with Gasteiger partial charge in [-0.2, -0.15) is 0 Å². The van der Waals surface area contributed by atoms with Crippen LogP contribution in [0.5, 0.6) is 0 Å². The molecule has 0 unspecified atom stereocenters. The predicted molar refractivity (Wildman–Crippen MR) is 242 cm³/mol. The monoisotopic (exact) mass is 827 g/mol. The van der Waals surface area contributed by atoms with Gasteiger partial charge in [-0.15, -0.1) is 0 Å². The molecular weight excluding hydrogens is 778 g/mol. The molecule has 2 aromatic heterocycles. The number of carbonyl (C=O) groups is 3. The number of amides is 3. The molecule has 7 rings (SSSR count). The molecule has 0 atom stereocenters. The molecule has 3 heterocycles. The van der Waals surface area contributed by atoms with Crippen molar-refractivity contribution in [3.8, 4) is 0 Å². The van der Waals surface area contributed by atoms with Crippen LogP contribution in [0.1, 0.15) is 67.3 Å². The van der Waals surface area contributed by atoms with Gasteiger partial charge in [0.2, 0.25) is 0 Å². The molecule has 0 fully saturated rings. The van der Waals surface area contributed by atoms with Crippen molar-refractivity contribution >= 4 is 68.3 Å². The minimum atomic E-state index is -0.558. The van der Waals surface area contributed by atoms with Gasteiger partial charge in [-0.1, -0.05) is 54.1 Å². The summed E-state index contributed by atoms with van der Waals surface area (Å²) in [4.78, 5) is 68.4. The lowest BCUT2D eigenvalue weighted by atomic mass is 9.95. The molecule has 0 saturated carbocycles. The lowest BCUT2D eigenvalue weighted by Gasteiger charge is -2.30. The highest BCUT2D eigenvalue weighted by molar-refractivity contribution is 6.35. The maximum absolute atomic E-state index is 13.3. The van der Waals surface area contributed by atoms with E-state index in [9.17, 15) is 24.0 Å². The molecule has 3 amide bonds. The summed E-state index contributed by atoms with van der Waals surface area (Å²) in [5.41, 5.74) is 5.21. The van der Waals surface area contributed by atoms with E-state index < -0.39 is 5.60 Å². The lowest BCUT2D eigenvalue weighted by molar-refractivity contribution is 0.0270. The third-order valence-corrected chi connectivity index (χ3v) is 10.7. The maximum atomic E-state index is 13.3. The smallest absolute Gasteiger partial charge is 0.410 e. The van der Waals surface area contributed by atoms with Crippen LogP contribution >= 0.6 is 11.6 Å². The summed E-state index contributed by atoms with van der Waals surface area (Å²) < 4.78 is 8.85. The number of aryl methyl sites for hydroxylation is 2. The second kappa shape index (κ2) is 18.2. The number of para-hydroxylation sites is 2. The molecule has 11 nitrogen and oxygen atoms in total. The van der Waals surface area contributed by atoms with E-state index in [1.807, 2.05) is 113 Å². The third-order valence-electron chi connectivity index (χ3n) is 10.4. The number of pyridine rings is 2. The Morgan fingerprint density at radius 2 is 1.17 bits per heavy atom. The summed E-state index contributed by atoms with van der Waals surface area (Å²) in [7, 11) is 3.49. The van der Waals surface area contributed by atoms with E-state index in [0.717, 1.165) is 38.9 Å². The number of hydrogen-bond donors (Lipinski definition) is 0. The van der Waals surface area contributed by atoms with Crippen LogP contribution < -0.4 is 20.9 Å². The fourth-order valence-corrected chi connectivity index (χ4v) is 7.49. The maximum Gasteiger partial charge on any atom is 0.410 e. The van der Waals surface area contributed by atoms with Crippen LogP contribution in [0.2, 0.25) is 5.02 Å². The van der Waals surface area contributed by atoms with Gasteiger partial charge >= 0.3 is 6.09 Å². The Bertz CT molecular complexity index is 2720. The standard InChI is InChI=1S/C29H33N3O4.C19H17ClN2O2/c1-6-32-25-13-12-21(27(34)30(5)22-10-8-7-9-11-22)18-24(25)23(19-26(32)33)20-14-16-31(17-15-20)28(35)36-29(2,3)4;1-3-22-17-10-9-13(11-15(17)16(20)12-18(22)23)19(24)21(2)14-7-5-4-6-8-14/h7-14,18-19H,6,15-17H2,1-5H3;4-12H,3H2,1-2H3. The summed E-state index contributed by atoms with van der Waals surface area (Å²) in [6.07, 6.45) is 2.22. The number of ether oxygens (including phenoxy) is 1. The van der Waals surface area contributed by atoms with E-state index in [1.54, 1.807) is 68.3 Å². The topological polar surface area (TPSA) is 114 Å². The van der Waals surface area contributed by atoms with Crippen molar-refractivity contribution in [2.45, 2.75) is 59.7 Å². The van der Waals surface area contributed by atoms with Crippen molar-refractivity contribution in [3.63, 3.8) is 0 Å². The molecule has 1 aliphatic heterocycles. The van der Waals surface area contributed by atoms with Crippen molar-refractivity contribution in [1.29, 1.82) is 0 Å². The molecule has 310 valence electrons. The molecule has 60 heavy (non-hydrogen) atoms. The molecule has 0 saturated heterocycles. The van der Waals surface area contributed by atoms with Crippen molar-refractivity contribution in [2.24, 2.45) is 0 Å². The summed E-state index contributed by atoms with van der Waals surface area (Å²) in [5.74, 6) is -0.259. The number of benzene rings is 4. The molecule has 1 aliphatic rings. The Kier molecular flexibility index (Phi) is 13.1. The van der Waals surface area contributed by atoms with Gasteiger partial charge in [0, 0.05) is 85.7 Å². The minimum Gasteiger partial charge on any atom is -0.444 e. The van der Waals surface area contributed by atoms with Crippen LogP contribution in [0.25, 0.3) is 27.4 Å². The van der Waals surface area contributed by atoms with Crippen LogP contribution in [0.4, 0.5) is 16.2 Å².